The second-order valence-electron chi connectivity index (χ2n) is 5.71. The predicted octanol–water partition coefficient (Wildman–Crippen LogP) is 2.72. The lowest BCUT2D eigenvalue weighted by Crippen LogP contribution is -2.21. The number of fused-ring (bicyclic) bond motifs is 1. The molecule has 0 aliphatic carbocycles. The molecule has 0 amide bonds. The van der Waals surface area contributed by atoms with Crippen molar-refractivity contribution in [1.82, 2.24) is 4.72 Å². The largest absolute Gasteiger partial charge is 0.219 e. The average molecular weight is 375 g/mol. The molecule has 0 heterocycles. The Kier molecular flexibility index (Phi) is 4.64. The highest BCUT2D eigenvalue weighted by molar-refractivity contribution is 7.91. The summed E-state index contributed by atoms with van der Waals surface area (Å²) in [6.45, 7) is 0.154. The molecule has 0 aliphatic rings. The molecule has 0 aromatic heterocycles. The molecule has 3 rings (SSSR count). The van der Waals surface area contributed by atoms with Crippen molar-refractivity contribution in [2.75, 3.05) is 6.26 Å². The van der Waals surface area contributed by atoms with Gasteiger partial charge in [-0.25, -0.2) is 21.6 Å². The topological polar surface area (TPSA) is 80.3 Å². The number of hydrogen-bond donors (Lipinski definition) is 1. The maximum Gasteiger partial charge on any atom is 0.209 e. The van der Waals surface area contributed by atoms with Crippen LogP contribution in [0.1, 0.15) is 5.56 Å². The third-order valence-electron chi connectivity index (χ3n) is 3.83. The molecule has 0 fully saturated rings. The van der Waals surface area contributed by atoms with Crippen LogP contribution in [-0.4, -0.2) is 23.1 Å². The van der Waals surface area contributed by atoms with Crippen LogP contribution in [0.15, 0.2) is 76.5 Å². The lowest BCUT2D eigenvalue weighted by atomic mass is 10.1. The summed E-state index contributed by atoms with van der Waals surface area (Å²) in [7, 11) is -6.89. The van der Waals surface area contributed by atoms with Crippen molar-refractivity contribution in [3.8, 4) is 0 Å². The second-order valence-corrected chi connectivity index (χ2v) is 9.49. The highest BCUT2D eigenvalue weighted by atomic mass is 32.2. The normalized spacial score (nSPS) is 12.4. The van der Waals surface area contributed by atoms with Gasteiger partial charge in [-0.05, 0) is 40.6 Å². The van der Waals surface area contributed by atoms with E-state index in [2.05, 4.69) is 4.72 Å². The molecule has 0 unspecified atom stereocenters. The van der Waals surface area contributed by atoms with E-state index in [4.69, 9.17) is 0 Å². The van der Waals surface area contributed by atoms with Gasteiger partial charge in [0.25, 0.3) is 0 Å². The van der Waals surface area contributed by atoms with Crippen LogP contribution in [0.3, 0.4) is 0 Å². The zero-order valence-corrected chi connectivity index (χ0v) is 15.1. The molecular weight excluding hydrogens is 358 g/mol. The SMILES string of the molecule is CS(=O)(=O)NCc1cccc2cc(S(=O)(=O)c3ccccc3)ccc12. The van der Waals surface area contributed by atoms with E-state index >= 15 is 0 Å². The highest BCUT2D eigenvalue weighted by Gasteiger charge is 2.17. The number of sulfone groups is 1. The molecule has 0 atom stereocenters. The minimum atomic E-state index is -3.59. The van der Waals surface area contributed by atoms with E-state index in [1.54, 1.807) is 54.6 Å². The molecule has 3 aromatic rings. The van der Waals surface area contributed by atoms with Crippen molar-refractivity contribution in [3.63, 3.8) is 0 Å². The maximum atomic E-state index is 12.7. The van der Waals surface area contributed by atoms with Gasteiger partial charge in [0.05, 0.1) is 16.0 Å². The first-order valence-corrected chi connectivity index (χ1v) is 10.9. The average Bonchev–Trinajstić information content (AvgIpc) is 2.59. The van der Waals surface area contributed by atoms with Crippen LogP contribution >= 0.6 is 0 Å². The van der Waals surface area contributed by atoms with E-state index in [0.29, 0.717) is 0 Å². The summed E-state index contributed by atoms with van der Waals surface area (Å²) >= 11 is 0. The standard InChI is InChI=1S/C18H17NO4S2/c1-24(20,21)19-13-15-7-5-6-14-12-17(10-11-18(14)15)25(22,23)16-8-3-2-4-9-16/h2-12,19H,13H2,1H3. The Labute approximate surface area is 147 Å². The van der Waals surface area contributed by atoms with Crippen LogP contribution in [0, 0.1) is 0 Å². The van der Waals surface area contributed by atoms with Gasteiger partial charge < -0.3 is 0 Å². The first-order chi connectivity index (χ1) is 11.8. The third kappa shape index (κ3) is 3.89. The summed E-state index contributed by atoms with van der Waals surface area (Å²) in [4.78, 5) is 0.448. The minimum Gasteiger partial charge on any atom is -0.219 e. The van der Waals surface area contributed by atoms with Crippen molar-refractivity contribution >= 4 is 30.6 Å². The molecule has 0 spiro atoms. The van der Waals surface area contributed by atoms with Gasteiger partial charge >= 0.3 is 0 Å². The van der Waals surface area contributed by atoms with Crippen molar-refractivity contribution < 1.29 is 16.8 Å². The zero-order chi connectivity index (χ0) is 18.1. The number of nitrogens with one attached hydrogen (secondary N) is 1. The first-order valence-electron chi connectivity index (χ1n) is 7.54. The van der Waals surface area contributed by atoms with Crippen molar-refractivity contribution in [3.05, 3.63) is 72.3 Å². The van der Waals surface area contributed by atoms with Gasteiger partial charge in [0.2, 0.25) is 19.9 Å². The molecule has 0 bridgehead atoms. The van der Waals surface area contributed by atoms with Crippen molar-refractivity contribution in [2.24, 2.45) is 0 Å². The quantitative estimate of drug-likeness (QED) is 0.743. The van der Waals surface area contributed by atoms with Crippen LogP contribution in [0.4, 0.5) is 0 Å². The lowest BCUT2D eigenvalue weighted by Gasteiger charge is -2.10. The second kappa shape index (κ2) is 6.59. The fraction of sp³-hybridized carbons (Fsp3) is 0.111. The van der Waals surface area contributed by atoms with Gasteiger partial charge in [0.1, 0.15) is 0 Å². The third-order valence-corrected chi connectivity index (χ3v) is 6.27. The summed E-state index contributed by atoms with van der Waals surface area (Å²) in [5, 5.41) is 1.55. The van der Waals surface area contributed by atoms with Crippen LogP contribution in [0.25, 0.3) is 10.8 Å². The monoisotopic (exact) mass is 375 g/mol. The number of rotatable bonds is 5. The Hall–Kier alpha value is -2.22. The molecule has 0 aliphatic heterocycles. The number of benzene rings is 3. The van der Waals surface area contributed by atoms with Crippen molar-refractivity contribution in [1.29, 1.82) is 0 Å². The van der Waals surface area contributed by atoms with E-state index in [0.717, 1.165) is 22.6 Å². The van der Waals surface area contributed by atoms with Crippen LogP contribution in [-0.2, 0) is 26.4 Å². The summed E-state index contributed by atoms with van der Waals surface area (Å²) in [5.41, 5.74) is 0.784. The molecule has 3 aromatic carbocycles. The molecule has 25 heavy (non-hydrogen) atoms. The molecule has 7 heteroatoms. The minimum absolute atomic E-state index is 0.154. The van der Waals surface area contributed by atoms with Crippen LogP contribution in [0.5, 0.6) is 0 Å². The molecule has 0 saturated heterocycles. The van der Waals surface area contributed by atoms with E-state index in [-0.39, 0.29) is 16.3 Å². The zero-order valence-electron chi connectivity index (χ0n) is 13.5. The van der Waals surface area contributed by atoms with Crippen LogP contribution in [0.2, 0.25) is 0 Å². The fourth-order valence-corrected chi connectivity index (χ4v) is 4.33. The lowest BCUT2D eigenvalue weighted by molar-refractivity contribution is 0.587. The summed E-state index contributed by atoms with van der Waals surface area (Å²) in [6, 6.07) is 18.5. The molecule has 0 saturated carbocycles. The summed E-state index contributed by atoms with van der Waals surface area (Å²) in [5.74, 6) is 0. The molecule has 130 valence electrons. The Morgan fingerprint density at radius 1 is 0.800 bits per heavy atom. The van der Waals surface area contributed by atoms with E-state index < -0.39 is 19.9 Å². The number of sulfonamides is 1. The summed E-state index contributed by atoms with van der Waals surface area (Å²) < 4.78 is 50.5. The molecule has 1 N–H and O–H groups in total. The number of hydrogen-bond acceptors (Lipinski definition) is 4. The Morgan fingerprint density at radius 2 is 1.52 bits per heavy atom. The Bertz CT molecular complexity index is 1120. The molecule has 5 nitrogen and oxygen atoms in total. The van der Waals surface area contributed by atoms with Gasteiger partial charge in [-0.1, -0.05) is 42.5 Å². The van der Waals surface area contributed by atoms with E-state index in [1.807, 2.05) is 12.1 Å². The fourth-order valence-electron chi connectivity index (χ4n) is 2.59. The van der Waals surface area contributed by atoms with Gasteiger partial charge in [0, 0.05) is 6.54 Å². The van der Waals surface area contributed by atoms with Gasteiger partial charge in [-0.15, -0.1) is 0 Å². The Balaban J connectivity index is 2.04. The predicted molar refractivity (Wildman–Crippen MR) is 97.5 cm³/mol. The van der Waals surface area contributed by atoms with Gasteiger partial charge in [-0.3, -0.25) is 0 Å². The molecule has 0 radical (unpaired) electrons. The van der Waals surface area contributed by atoms with Gasteiger partial charge in [-0.2, -0.15) is 0 Å². The van der Waals surface area contributed by atoms with E-state index in [9.17, 15) is 16.8 Å². The maximum absolute atomic E-state index is 12.7. The smallest absolute Gasteiger partial charge is 0.209 e. The first kappa shape index (κ1) is 17.6. The van der Waals surface area contributed by atoms with Crippen LogP contribution < -0.4 is 4.72 Å². The van der Waals surface area contributed by atoms with Crippen molar-refractivity contribution in [2.45, 2.75) is 16.3 Å². The van der Waals surface area contributed by atoms with Gasteiger partial charge in [0.15, 0.2) is 0 Å². The Morgan fingerprint density at radius 3 is 2.20 bits per heavy atom. The molecular formula is C18H17NO4S2. The highest BCUT2D eigenvalue weighted by Crippen LogP contribution is 2.26. The van der Waals surface area contributed by atoms with E-state index in [1.165, 1.54) is 0 Å². The summed E-state index contributed by atoms with van der Waals surface area (Å²) in [6.07, 6.45) is 1.10.